The SMILES string of the molecule is CCOC(=O)Oc1ccc(S(=O)(=O)O)cc1.CN(C)C.[H-].[Na+]. The van der Waals surface area contributed by atoms with E-state index in [4.69, 9.17) is 4.55 Å². The molecule has 0 aliphatic carbocycles. The number of rotatable bonds is 3. The Balaban J connectivity index is -0.000000538. The van der Waals surface area contributed by atoms with Crippen LogP contribution in [0, 0.1) is 0 Å². The van der Waals surface area contributed by atoms with Gasteiger partial charge in [0.2, 0.25) is 0 Å². The molecule has 0 saturated carbocycles. The maximum atomic E-state index is 10.9. The number of hydrogen-bond acceptors (Lipinski definition) is 6. The number of carbonyl (C=O) groups is 1. The summed E-state index contributed by atoms with van der Waals surface area (Å²) in [4.78, 5) is 12.6. The molecule has 1 N–H and O–H groups in total. The number of hydrogen-bond donors (Lipinski definition) is 1. The third-order valence-corrected chi connectivity index (χ3v) is 2.45. The van der Waals surface area contributed by atoms with Crippen LogP contribution in [-0.4, -0.2) is 51.8 Å². The van der Waals surface area contributed by atoms with Crippen molar-refractivity contribution in [2.24, 2.45) is 0 Å². The van der Waals surface area contributed by atoms with Gasteiger partial charge in [-0.15, -0.1) is 0 Å². The summed E-state index contributed by atoms with van der Waals surface area (Å²) in [5.74, 6) is 0.130. The molecule has 1 aromatic carbocycles. The molecule has 0 saturated heterocycles. The van der Waals surface area contributed by atoms with Gasteiger partial charge in [0.1, 0.15) is 5.75 Å². The molecular weight excluding hydrogens is 309 g/mol. The van der Waals surface area contributed by atoms with Crippen molar-refractivity contribution in [3.8, 4) is 5.75 Å². The van der Waals surface area contributed by atoms with Crippen LogP contribution in [0.25, 0.3) is 0 Å². The second-order valence-corrected chi connectivity index (χ2v) is 5.49. The molecule has 0 bridgehead atoms. The molecule has 0 heterocycles. The minimum absolute atomic E-state index is 0. The summed E-state index contributed by atoms with van der Waals surface area (Å²) in [6.07, 6.45) is -0.873. The Morgan fingerprint density at radius 3 is 2.00 bits per heavy atom. The zero-order valence-electron chi connectivity index (χ0n) is 13.9. The summed E-state index contributed by atoms with van der Waals surface area (Å²) in [7, 11) is 1.77. The molecule has 1 aromatic rings. The Bertz CT molecular complexity index is 518. The number of benzene rings is 1. The average Bonchev–Trinajstić information content (AvgIpc) is 2.27. The minimum atomic E-state index is -4.23. The van der Waals surface area contributed by atoms with Crippen molar-refractivity contribution < 1.29 is 58.2 Å². The predicted molar refractivity (Wildman–Crippen MR) is 74.6 cm³/mol. The van der Waals surface area contributed by atoms with Crippen LogP contribution in [0.15, 0.2) is 29.2 Å². The van der Waals surface area contributed by atoms with Crippen LogP contribution in [0.4, 0.5) is 4.79 Å². The van der Waals surface area contributed by atoms with Crippen molar-refractivity contribution in [2.45, 2.75) is 11.8 Å². The largest absolute Gasteiger partial charge is 1.00 e. The van der Waals surface area contributed by atoms with E-state index in [-0.39, 0.29) is 48.2 Å². The first-order valence-electron chi connectivity index (χ1n) is 5.70. The Morgan fingerprint density at radius 1 is 1.24 bits per heavy atom. The Morgan fingerprint density at radius 2 is 1.67 bits per heavy atom. The molecule has 116 valence electrons. The molecule has 0 unspecified atom stereocenters. The predicted octanol–water partition coefficient (Wildman–Crippen LogP) is -1.24. The summed E-state index contributed by atoms with van der Waals surface area (Å²) < 4.78 is 39.3. The molecule has 0 radical (unpaired) electrons. The molecule has 1 rings (SSSR count). The Kier molecular flexibility index (Phi) is 11.9. The van der Waals surface area contributed by atoms with Crippen LogP contribution in [0.5, 0.6) is 5.75 Å². The molecule has 7 nitrogen and oxygen atoms in total. The van der Waals surface area contributed by atoms with E-state index < -0.39 is 16.3 Å². The summed E-state index contributed by atoms with van der Waals surface area (Å²) in [6, 6.07) is 4.70. The van der Waals surface area contributed by atoms with E-state index in [2.05, 4.69) is 9.47 Å². The summed E-state index contributed by atoms with van der Waals surface area (Å²) in [5.41, 5.74) is 0. The Labute approximate surface area is 148 Å². The first-order chi connectivity index (χ1) is 9.16. The topological polar surface area (TPSA) is 93.1 Å². The van der Waals surface area contributed by atoms with Gasteiger partial charge in [0.15, 0.2) is 0 Å². The zero-order chi connectivity index (χ0) is 15.8. The van der Waals surface area contributed by atoms with Crippen LogP contribution >= 0.6 is 0 Å². The van der Waals surface area contributed by atoms with Gasteiger partial charge in [-0.1, -0.05) is 0 Å². The molecule has 0 fully saturated rings. The van der Waals surface area contributed by atoms with Crippen molar-refractivity contribution in [1.82, 2.24) is 4.90 Å². The third kappa shape index (κ3) is 11.7. The Hall–Kier alpha value is -0.640. The molecule has 9 heteroatoms. The zero-order valence-corrected chi connectivity index (χ0v) is 15.7. The van der Waals surface area contributed by atoms with Gasteiger partial charge >= 0.3 is 35.7 Å². The van der Waals surface area contributed by atoms with Crippen molar-refractivity contribution in [3.63, 3.8) is 0 Å². The molecule has 0 aliphatic heterocycles. The van der Waals surface area contributed by atoms with E-state index in [9.17, 15) is 13.2 Å². The van der Waals surface area contributed by atoms with Crippen LogP contribution in [0.1, 0.15) is 8.35 Å². The summed E-state index contributed by atoms with van der Waals surface area (Å²) in [5, 5.41) is 0. The fraction of sp³-hybridized carbons (Fsp3) is 0.417. The standard InChI is InChI=1S/C9H10O6S.C3H9N.Na.H/c1-2-14-9(10)15-7-3-5-8(6-4-7)16(11,12)13;1-4(2)3;;/h3-6H,2H2,1H3,(H,11,12,13);1-3H3;;/q;;+1;-1. The third-order valence-electron chi connectivity index (χ3n) is 1.58. The first-order valence-corrected chi connectivity index (χ1v) is 7.14. The molecule has 21 heavy (non-hydrogen) atoms. The maximum absolute atomic E-state index is 10.9. The van der Waals surface area contributed by atoms with E-state index in [0.29, 0.717) is 0 Å². The number of ether oxygens (including phenoxy) is 2. The quantitative estimate of drug-likeness (QED) is 0.321. The van der Waals surface area contributed by atoms with Gasteiger partial charge in [-0.25, -0.2) is 4.79 Å². The fourth-order valence-corrected chi connectivity index (χ4v) is 1.40. The first kappa shape index (κ1) is 22.6. The monoisotopic (exact) mass is 329 g/mol. The van der Waals surface area contributed by atoms with Gasteiger partial charge < -0.3 is 15.8 Å². The maximum Gasteiger partial charge on any atom is 1.00 e. The smallest absolute Gasteiger partial charge is 1.00 e. The second kappa shape index (κ2) is 11.0. The average molecular weight is 329 g/mol. The molecule has 0 atom stereocenters. The molecule has 0 aliphatic rings. The van der Waals surface area contributed by atoms with E-state index in [1.165, 1.54) is 12.1 Å². The fourth-order valence-electron chi connectivity index (χ4n) is 0.923. The van der Waals surface area contributed by atoms with Crippen LogP contribution < -0.4 is 34.3 Å². The molecule has 0 spiro atoms. The van der Waals surface area contributed by atoms with Gasteiger partial charge in [0.25, 0.3) is 10.1 Å². The van der Waals surface area contributed by atoms with Crippen molar-refractivity contribution in [1.29, 1.82) is 0 Å². The van der Waals surface area contributed by atoms with E-state index in [0.717, 1.165) is 12.1 Å². The van der Waals surface area contributed by atoms with Crippen LogP contribution in [-0.2, 0) is 14.9 Å². The van der Waals surface area contributed by atoms with E-state index in [1.807, 2.05) is 26.0 Å². The van der Waals surface area contributed by atoms with Gasteiger partial charge in [-0.05, 0) is 52.3 Å². The van der Waals surface area contributed by atoms with Gasteiger partial charge in [-0.3, -0.25) is 4.55 Å². The normalized spacial score (nSPS) is 10.0. The van der Waals surface area contributed by atoms with Gasteiger partial charge in [0.05, 0.1) is 11.5 Å². The second-order valence-electron chi connectivity index (χ2n) is 4.07. The van der Waals surface area contributed by atoms with E-state index in [1.54, 1.807) is 6.92 Å². The minimum Gasteiger partial charge on any atom is -1.00 e. The van der Waals surface area contributed by atoms with Crippen molar-refractivity contribution in [3.05, 3.63) is 24.3 Å². The summed E-state index contributed by atoms with van der Waals surface area (Å²) >= 11 is 0. The molecule has 0 amide bonds. The van der Waals surface area contributed by atoms with Crippen molar-refractivity contribution in [2.75, 3.05) is 27.7 Å². The van der Waals surface area contributed by atoms with Gasteiger partial charge in [-0.2, -0.15) is 8.42 Å². The number of nitrogens with zero attached hydrogens (tertiary/aromatic N) is 1. The van der Waals surface area contributed by atoms with Crippen LogP contribution in [0.3, 0.4) is 0 Å². The number of carbonyl (C=O) groups excluding carboxylic acids is 1. The molecule has 0 aromatic heterocycles. The van der Waals surface area contributed by atoms with Gasteiger partial charge in [0, 0.05) is 0 Å². The van der Waals surface area contributed by atoms with E-state index >= 15 is 0 Å². The summed E-state index contributed by atoms with van der Waals surface area (Å²) in [6.45, 7) is 1.81. The van der Waals surface area contributed by atoms with Crippen molar-refractivity contribution >= 4 is 16.3 Å². The molecular formula is C12H20NNaO6S. The van der Waals surface area contributed by atoms with Crippen LogP contribution in [0.2, 0.25) is 0 Å².